The first-order chi connectivity index (χ1) is 13.3. The number of ether oxygens (including phenoxy) is 1. The van der Waals surface area contributed by atoms with E-state index < -0.39 is 11.9 Å². The lowest BCUT2D eigenvalue weighted by Crippen LogP contribution is -2.19. The number of thiophene rings is 1. The van der Waals surface area contributed by atoms with E-state index in [0.29, 0.717) is 26.4 Å². The molecule has 3 aromatic rings. The molecule has 0 spiro atoms. The molecular formula is C19H15ClN2O4S2. The van der Waals surface area contributed by atoms with Crippen molar-refractivity contribution in [3.63, 3.8) is 0 Å². The molecule has 0 aliphatic rings. The maximum Gasteiger partial charge on any atom is 0.349 e. The van der Waals surface area contributed by atoms with Crippen molar-refractivity contribution >= 4 is 73.7 Å². The van der Waals surface area contributed by atoms with Crippen molar-refractivity contribution in [3.8, 4) is 0 Å². The summed E-state index contributed by atoms with van der Waals surface area (Å²) in [6.45, 7) is 1.85. The van der Waals surface area contributed by atoms with Gasteiger partial charge in [0.1, 0.15) is 4.88 Å². The molecule has 0 unspecified atom stereocenters. The Morgan fingerprint density at radius 2 is 1.93 bits per heavy atom. The summed E-state index contributed by atoms with van der Waals surface area (Å²) in [6.07, 6.45) is 0. The Balaban J connectivity index is 1.81. The van der Waals surface area contributed by atoms with E-state index >= 15 is 0 Å². The molecule has 2 aromatic carbocycles. The van der Waals surface area contributed by atoms with Crippen LogP contribution in [0.4, 0.5) is 11.4 Å². The lowest BCUT2D eigenvalue weighted by Gasteiger charge is -2.13. The molecule has 3 rings (SSSR count). The van der Waals surface area contributed by atoms with Crippen LogP contribution in [0.25, 0.3) is 10.1 Å². The molecule has 0 radical (unpaired) electrons. The van der Waals surface area contributed by atoms with E-state index in [1.807, 2.05) is 13.0 Å². The number of rotatable bonds is 4. The number of aromatic carboxylic acids is 1. The summed E-state index contributed by atoms with van der Waals surface area (Å²) in [7, 11) is 1.31. The number of hydrogen-bond donors (Lipinski definition) is 3. The molecule has 28 heavy (non-hydrogen) atoms. The fourth-order valence-electron chi connectivity index (χ4n) is 2.54. The molecule has 1 aromatic heterocycles. The summed E-state index contributed by atoms with van der Waals surface area (Å²) in [4.78, 5) is 23.3. The molecule has 1 heterocycles. The predicted molar refractivity (Wildman–Crippen MR) is 116 cm³/mol. The zero-order chi connectivity index (χ0) is 20.4. The van der Waals surface area contributed by atoms with Crippen LogP contribution in [-0.2, 0) is 4.74 Å². The van der Waals surface area contributed by atoms with Crippen molar-refractivity contribution in [2.24, 2.45) is 0 Å². The average Bonchev–Trinajstić information content (AvgIpc) is 2.98. The van der Waals surface area contributed by atoms with Gasteiger partial charge in [0.25, 0.3) is 0 Å². The molecule has 0 saturated carbocycles. The molecule has 0 aliphatic heterocycles. The molecule has 0 atom stereocenters. The number of nitrogens with one attached hydrogen (secondary N) is 2. The zero-order valence-electron chi connectivity index (χ0n) is 14.8. The Morgan fingerprint density at radius 1 is 1.18 bits per heavy atom. The zero-order valence-corrected chi connectivity index (χ0v) is 17.2. The van der Waals surface area contributed by atoms with Crippen LogP contribution in [0, 0.1) is 6.92 Å². The van der Waals surface area contributed by atoms with Crippen molar-refractivity contribution in [2.45, 2.75) is 6.92 Å². The molecule has 0 bridgehead atoms. The van der Waals surface area contributed by atoms with Gasteiger partial charge < -0.3 is 20.5 Å². The number of esters is 1. The third-order valence-corrected chi connectivity index (χ3v) is 5.83. The van der Waals surface area contributed by atoms with Gasteiger partial charge in [0.2, 0.25) is 0 Å². The number of benzene rings is 2. The van der Waals surface area contributed by atoms with E-state index in [4.69, 9.17) is 33.7 Å². The van der Waals surface area contributed by atoms with Gasteiger partial charge in [-0.25, -0.2) is 9.59 Å². The second kappa shape index (κ2) is 8.14. The fourth-order valence-corrected chi connectivity index (χ4v) is 4.23. The lowest BCUT2D eigenvalue weighted by atomic mass is 10.1. The Morgan fingerprint density at radius 3 is 2.61 bits per heavy atom. The van der Waals surface area contributed by atoms with E-state index in [2.05, 4.69) is 10.6 Å². The Kier molecular flexibility index (Phi) is 5.83. The van der Waals surface area contributed by atoms with Crippen LogP contribution in [-0.4, -0.2) is 29.3 Å². The van der Waals surface area contributed by atoms with Gasteiger partial charge in [0, 0.05) is 21.5 Å². The van der Waals surface area contributed by atoms with Crippen LogP contribution in [0.2, 0.25) is 5.02 Å². The topological polar surface area (TPSA) is 87.7 Å². The first-order valence-corrected chi connectivity index (χ1v) is 9.62. The SMILES string of the molecule is COC(=O)c1sc2cc(NC(=S)Nc3cc(C(=O)O)ccc3C)ccc2c1Cl. The predicted octanol–water partition coefficient (Wildman–Crippen LogP) is 5.16. The minimum absolute atomic E-state index is 0.167. The van der Waals surface area contributed by atoms with Gasteiger partial charge in [0.15, 0.2) is 5.11 Å². The number of fused-ring (bicyclic) bond motifs is 1. The van der Waals surface area contributed by atoms with E-state index in [1.54, 1.807) is 18.2 Å². The lowest BCUT2D eigenvalue weighted by molar-refractivity contribution is 0.0605. The molecule has 3 N–H and O–H groups in total. The third kappa shape index (κ3) is 4.09. The highest BCUT2D eigenvalue weighted by atomic mass is 35.5. The van der Waals surface area contributed by atoms with E-state index in [0.717, 1.165) is 15.6 Å². The normalized spacial score (nSPS) is 10.5. The van der Waals surface area contributed by atoms with Crippen molar-refractivity contribution in [3.05, 3.63) is 57.4 Å². The van der Waals surface area contributed by atoms with Crippen LogP contribution >= 0.6 is 35.2 Å². The summed E-state index contributed by atoms with van der Waals surface area (Å²) in [5, 5.41) is 16.6. The number of hydrogen-bond acceptors (Lipinski definition) is 5. The van der Waals surface area contributed by atoms with Crippen LogP contribution in [0.15, 0.2) is 36.4 Å². The first-order valence-electron chi connectivity index (χ1n) is 8.02. The number of methoxy groups -OCH3 is 1. The Labute approximate surface area is 175 Å². The molecular weight excluding hydrogens is 420 g/mol. The van der Waals surface area contributed by atoms with E-state index in [9.17, 15) is 9.59 Å². The number of aryl methyl sites for hydroxylation is 1. The number of carboxylic acid groups (broad SMARTS) is 1. The van der Waals surface area contributed by atoms with E-state index in [-0.39, 0.29) is 5.56 Å². The van der Waals surface area contributed by atoms with Gasteiger partial charge in [-0.1, -0.05) is 17.7 Å². The van der Waals surface area contributed by atoms with Crippen molar-refractivity contribution in [2.75, 3.05) is 17.7 Å². The van der Waals surface area contributed by atoms with Crippen LogP contribution < -0.4 is 10.6 Å². The van der Waals surface area contributed by atoms with Gasteiger partial charge >= 0.3 is 11.9 Å². The van der Waals surface area contributed by atoms with Crippen LogP contribution in [0.3, 0.4) is 0 Å². The smallest absolute Gasteiger partial charge is 0.349 e. The molecule has 0 amide bonds. The van der Waals surface area contributed by atoms with Gasteiger partial charge in [-0.2, -0.15) is 0 Å². The summed E-state index contributed by atoms with van der Waals surface area (Å²) >= 11 is 12.8. The first kappa shape index (κ1) is 20.1. The molecule has 6 nitrogen and oxygen atoms in total. The summed E-state index contributed by atoms with van der Waals surface area (Å²) in [5.41, 5.74) is 2.33. The highest BCUT2D eigenvalue weighted by Gasteiger charge is 2.18. The highest BCUT2D eigenvalue weighted by Crippen LogP contribution is 2.37. The number of anilines is 2. The maximum atomic E-state index is 11.8. The van der Waals surface area contributed by atoms with Gasteiger partial charge in [-0.15, -0.1) is 11.3 Å². The summed E-state index contributed by atoms with van der Waals surface area (Å²) in [6, 6.07) is 10.2. The average molecular weight is 435 g/mol. The van der Waals surface area contributed by atoms with Crippen molar-refractivity contribution < 1.29 is 19.4 Å². The molecule has 0 aliphatic carbocycles. The van der Waals surface area contributed by atoms with E-state index in [1.165, 1.54) is 30.6 Å². The number of carbonyl (C=O) groups excluding carboxylic acids is 1. The Bertz CT molecular complexity index is 1110. The van der Waals surface area contributed by atoms with Crippen LogP contribution in [0.1, 0.15) is 25.6 Å². The fraction of sp³-hybridized carbons (Fsp3) is 0.105. The minimum Gasteiger partial charge on any atom is -0.478 e. The number of halogens is 1. The van der Waals surface area contributed by atoms with Gasteiger partial charge in [0.05, 0.1) is 17.7 Å². The monoisotopic (exact) mass is 434 g/mol. The molecule has 0 saturated heterocycles. The Hall–Kier alpha value is -2.68. The molecule has 0 fully saturated rings. The van der Waals surface area contributed by atoms with Crippen LogP contribution in [0.5, 0.6) is 0 Å². The summed E-state index contributed by atoms with van der Waals surface area (Å²) < 4.78 is 5.55. The second-order valence-electron chi connectivity index (χ2n) is 5.86. The summed E-state index contributed by atoms with van der Waals surface area (Å²) in [5.74, 6) is -1.49. The largest absolute Gasteiger partial charge is 0.478 e. The minimum atomic E-state index is -1.01. The number of carbonyl (C=O) groups is 2. The number of thiocarbonyl (C=S) groups is 1. The van der Waals surface area contributed by atoms with Crippen molar-refractivity contribution in [1.29, 1.82) is 0 Å². The highest BCUT2D eigenvalue weighted by molar-refractivity contribution is 7.80. The van der Waals surface area contributed by atoms with Gasteiger partial charge in [-0.05, 0) is 55.0 Å². The van der Waals surface area contributed by atoms with Crippen molar-refractivity contribution in [1.82, 2.24) is 0 Å². The second-order valence-corrected chi connectivity index (χ2v) is 7.70. The molecule has 9 heteroatoms. The number of carboxylic acids is 1. The third-order valence-electron chi connectivity index (χ3n) is 3.99. The standard InChI is InChI=1S/C19H15ClN2O4S2/c1-9-3-4-10(17(23)24)7-13(9)22-19(27)21-11-5-6-12-14(8-11)28-16(15(12)20)18(25)26-2/h3-8H,1-2H3,(H,23,24)(H2,21,22,27). The quantitative estimate of drug-likeness (QED) is 0.386. The maximum absolute atomic E-state index is 11.8. The van der Waals surface area contributed by atoms with Gasteiger partial charge in [-0.3, -0.25) is 0 Å². The molecule has 144 valence electrons.